The molecule has 1 saturated heterocycles. The summed E-state index contributed by atoms with van der Waals surface area (Å²) >= 11 is 4.10. The number of nitrogens with two attached hydrogens (primary N) is 1. The normalized spacial score (nSPS) is 35.1. The number of halogens is 1. The minimum Gasteiger partial charge on any atom is -0.458 e. The van der Waals surface area contributed by atoms with Crippen LogP contribution in [0, 0.1) is 5.92 Å². The number of hydrogen-bond acceptors (Lipinski definition) is 10. The number of aliphatic hydroxyl groups is 3. The first-order valence-electron chi connectivity index (χ1n) is 8.25. The second kappa shape index (κ2) is 8.29. The van der Waals surface area contributed by atoms with Gasteiger partial charge in [-0.3, -0.25) is 9.59 Å². The molecule has 6 N–H and O–H groups in total. The van der Waals surface area contributed by atoms with E-state index in [0.29, 0.717) is 0 Å². The highest BCUT2D eigenvalue weighted by Crippen LogP contribution is 2.36. The molecule has 2 heterocycles. The number of aliphatic hydroxyl groups excluding tert-OH is 3. The number of carbonyl (C=O) groups is 2. The summed E-state index contributed by atoms with van der Waals surface area (Å²) in [5.74, 6) is -4.62. The number of carbonyl (C=O) groups excluding carboxylic acids is 2. The third-order valence-corrected chi connectivity index (χ3v) is 4.77. The molecule has 0 aromatic heterocycles. The Hall–Kier alpha value is -1.44. The van der Waals surface area contributed by atoms with Crippen LogP contribution < -0.4 is 11.1 Å². The molecule has 1 fully saturated rings. The van der Waals surface area contributed by atoms with Crippen molar-refractivity contribution < 1.29 is 38.8 Å². The van der Waals surface area contributed by atoms with E-state index in [1.54, 1.807) is 13.8 Å². The molecule has 2 rings (SSSR count). The van der Waals surface area contributed by atoms with Gasteiger partial charge in [0.05, 0.1) is 12.2 Å². The molecule has 0 spiro atoms. The lowest BCUT2D eigenvalue weighted by molar-refractivity contribution is -0.222. The van der Waals surface area contributed by atoms with Crippen molar-refractivity contribution in [2.45, 2.75) is 49.7 Å². The van der Waals surface area contributed by atoms with Crippen LogP contribution in [0.4, 0.5) is 4.39 Å². The maximum Gasteiger partial charge on any atom is 0.323 e. The van der Waals surface area contributed by atoms with E-state index >= 15 is 4.39 Å². The molecule has 0 saturated carbocycles. The van der Waals surface area contributed by atoms with E-state index in [1.807, 2.05) is 0 Å². The maximum absolute atomic E-state index is 15.0. The van der Waals surface area contributed by atoms with Crippen LogP contribution >= 0.6 is 12.6 Å². The molecule has 2 aliphatic rings. The highest BCUT2D eigenvalue weighted by atomic mass is 32.1. The summed E-state index contributed by atoms with van der Waals surface area (Å²) in [7, 11) is 0. The van der Waals surface area contributed by atoms with Gasteiger partial charge in [-0.2, -0.15) is 0 Å². The van der Waals surface area contributed by atoms with Gasteiger partial charge in [-0.05, 0) is 5.92 Å². The lowest BCUT2D eigenvalue weighted by atomic mass is 10.1. The number of esters is 1. The van der Waals surface area contributed by atoms with Gasteiger partial charge in [-0.15, -0.1) is 12.6 Å². The van der Waals surface area contributed by atoms with E-state index in [0.717, 1.165) is 11.1 Å². The summed E-state index contributed by atoms with van der Waals surface area (Å²) in [6.45, 7) is 1.76. The summed E-state index contributed by atoms with van der Waals surface area (Å²) in [6.07, 6.45) is -4.13. The second-order valence-corrected chi connectivity index (χ2v) is 7.20. The monoisotopic (exact) mass is 409 g/mol. The van der Waals surface area contributed by atoms with Crippen molar-refractivity contribution in [3.63, 3.8) is 0 Å². The summed E-state index contributed by atoms with van der Waals surface area (Å²) in [6, 6.07) is -0.984. The van der Waals surface area contributed by atoms with Crippen LogP contribution in [0.5, 0.6) is 0 Å². The van der Waals surface area contributed by atoms with Crippen LogP contribution in [-0.2, 0) is 19.1 Å². The molecule has 0 aromatic carbocycles. The molecular weight excluding hydrogens is 385 g/mol. The number of rotatable bonds is 6. The van der Waals surface area contributed by atoms with E-state index in [-0.39, 0.29) is 11.5 Å². The molecule has 1 amide bonds. The van der Waals surface area contributed by atoms with Gasteiger partial charge >= 0.3 is 5.97 Å². The number of amides is 1. The molecular formula is C15H24FN3O7S. The molecule has 12 heteroatoms. The Bertz CT molecular complexity index is 622. The van der Waals surface area contributed by atoms with E-state index in [9.17, 15) is 24.9 Å². The van der Waals surface area contributed by atoms with Crippen molar-refractivity contribution in [3.8, 4) is 0 Å². The second-order valence-electron chi connectivity index (χ2n) is 6.71. The Kier molecular flexibility index (Phi) is 6.71. The molecule has 2 aliphatic heterocycles. The smallest absolute Gasteiger partial charge is 0.323 e. The van der Waals surface area contributed by atoms with Crippen LogP contribution in [0.1, 0.15) is 13.8 Å². The average Bonchev–Trinajstić information content (AvgIpc) is 2.84. The van der Waals surface area contributed by atoms with Gasteiger partial charge in [0.15, 0.2) is 12.8 Å². The van der Waals surface area contributed by atoms with E-state index in [4.69, 9.17) is 15.2 Å². The molecule has 154 valence electrons. The van der Waals surface area contributed by atoms with Crippen molar-refractivity contribution in [2.24, 2.45) is 11.7 Å². The summed E-state index contributed by atoms with van der Waals surface area (Å²) in [4.78, 5) is 24.6. The fourth-order valence-electron chi connectivity index (χ4n) is 2.56. The number of ether oxygens (including phenoxy) is 2. The highest BCUT2D eigenvalue weighted by molar-refractivity contribution is 7.80. The van der Waals surface area contributed by atoms with Gasteiger partial charge in [0, 0.05) is 6.20 Å². The zero-order chi connectivity index (χ0) is 20.5. The largest absolute Gasteiger partial charge is 0.458 e. The van der Waals surface area contributed by atoms with Crippen LogP contribution in [0.25, 0.3) is 0 Å². The lowest BCUT2D eigenvalue weighted by Gasteiger charge is -2.37. The number of thiol groups is 1. The van der Waals surface area contributed by atoms with Gasteiger partial charge in [0.25, 0.3) is 11.8 Å². The van der Waals surface area contributed by atoms with Crippen LogP contribution in [0.3, 0.4) is 0 Å². The Labute approximate surface area is 160 Å². The first kappa shape index (κ1) is 21.9. The van der Waals surface area contributed by atoms with Crippen LogP contribution in [-0.4, -0.2) is 81.1 Å². The standard InChI is InChI=1S/C15H24FN3O7S/c1-6(2)8(17)13(24)25-5-15(16)10(22)9(21)12(26-15)19-3-7(4-20)11(23)18-14(19)27/h3,6,8-10,12,14,20-22,27H,4-5,17H2,1-2H3,(H,18,23)/t8-,9+,10-,12+,14?,15+/m0/s1. The fraction of sp³-hybridized carbons (Fsp3) is 0.733. The molecule has 10 nitrogen and oxygen atoms in total. The van der Waals surface area contributed by atoms with E-state index < -0.39 is 60.9 Å². The van der Waals surface area contributed by atoms with Crippen molar-refractivity contribution >= 4 is 24.5 Å². The molecule has 6 atom stereocenters. The molecule has 0 aliphatic carbocycles. The van der Waals surface area contributed by atoms with Gasteiger partial charge in [-0.25, -0.2) is 4.39 Å². The zero-order valence-electron chi connectivity index (χ0n) is 14.8. The summed E-state index contributed by atoms with van der Waals surface area (Å²) in [5, 5.41) is 31.8. The summed E-state index contributed by atoms with van der Waals surface area (Å²) in [5.41, 5.74) is 4.53. The topological polar surface area (TPSA) is 155 Å². The SMILES string of the molecule is CC(C)[C@H](N)C(=O)OC[C@@]1(F)O[C@@H](N2C=C(CO)C(=O)NC2S)[C@H](O)[C@@H]1O. The fourth-order valence-corrected chi connectivity index (χ4v) is 2.88. The van der Waals surface area contributed by atoms with Gasteiger partial charge < -0.3 is 40.7 Å². The van der Waals surface area contributed by atoms with Crippen molar-refractivity contribution in [3.05, 3.63) is 11.8 Å². The molecule has 1 unspecified atom stereocenters. The van der Waals surface area contributed by atoms with Gasteiger partial charge in [-0.1, -0.05) is 13.8 Å². The summed E-state index contributed by atoms with van der Waals surface area (Å²) < 4.78 is 24.9. The average molecular weight is 409 g/mol. The number of alkyl halides is 1. The predicted molar refractivity (Wildman–Crippen MR) is 92.4 cm³/mol. The first-order chi connectivity index (χ1) is 12.5. The Balaban J connectivity index is 2.13. The Morgan fingerprint density at radius 3 is 2.74 bits per heavy atom. The first-order valence-corrected chi connectivity index (χ1v) is 8.76. The minimum absolute atomic E-state index is 0.0729. The van der Waals surface area contributed by atoms with E-state index in [1.165, 1.54) is 0 Å². The predicted octanol–water partition coefficient (Wildman–Crippen LogP) is -2.22. The van der Waals surface area contributed by atoms with Gasteiger partial charge in [0.2, 0.25) is 0 Å². The Morgan fingerprint density at radius 1 is 1.56 bits per heavy atom. The van der Waals surface area contributed by atoms with Crippen LogP contribution in [0.15, 0.2) is 11.8 Å². The number of nitrogens with zero attached hydrogens (tertiary/aromatic N) is 1. The lowest BCUT2D eigenvalue weighted by Crippen LogP contribution is -2.54. The molecule has 27 heavy (non-hydrogen) atoms. The van der Waals surface area contributed by atoms with Crippen molar-refractivity contribution in [2.75, 3.05) is 13.2 Å². The number of hydrogen-bond donors (Lipinski definition) is 6. The highest BCUT2D eigenvalue weighted by Gasteiger charge is 2.58. The third kappa shape index (κ3) is 4.36. The van der Waals surface area contributed by atoms with Crippen molar-refractivity contribution in [1.29, 1.82) is 0 Å². The maximum atomic E-state index is 15.0. The molecule has 0 bridgehead atoms. The molecule has 0 aromatic rings. The quantitative estimate of drug-likeness (QED) is 0.211. The number of nitrogens with one attached hydrogen (secondary N) is 1. The Morgan fingerprint density at radius 2 is 2.19 bits per heavy atom. The van der Waals surface area contributed by atoms with E-state index in [2.05, 4.69) is 17.9 Å². The third-order valence-electron chi connectivity index (χ3n) is 4.38. The zero-order valence-corrected chi connectivity index (χ0v) is 15.7. The van der Waals surface area contributed by atoms with Crippen molar-refractivity contribution in [1.82, 2.24) is 10.2 Å². The van der Waals surface area contributed by atoms with Crippen LogP contribution in [0.2, 0.25) is 0 Å². The minimum atomic E-state index is -2.90. The van der Waals surface area contributed by atoms with Gasteiger partial charge in [0.1, 0.15) is 23.7 Å². The molecule has 0 radical (unpaired) electrons.